The van der Waals surface area contributed by atoms with Crippen molar-refractivity contribution in [1.29, 1.82) is 0 Å². The number of benzene rings is 2. The van der Waals surface area contributed by atoms with Crippen LogP contribution in [0.5, 0.6) is 5.75 Å². The maximum absolute atomic E-state index is 14.0. The van der Waals surface area contributed by atoms with Gasteiger partial charge >= 0.3 is 5.97 Å². The number of nitrogens with zero attached hydrogens (tertiary/aromatic N) is 2. The van der Waals surface area contributed by atoms with Crippen molar-refractivity contribution in [3.8, 4) is 5.75 Å². The van der Waals surface area contributed by atoms with Gasteiger partial charge in [-0.05, 0) is 61.8 Å². The molecule has 1 saturated heterocycles. The first kappa shape index (κ1) is 27.8. The van der Waals surface area contributed by atoms with Gasteiger partial charge in [0.15, 0.2) is 0 Å². The molecule has 2 aromatic rings. The Labute approximate surface area is 244 Å². The highest BCUT2D eigenvalue weighted by molar-refractivity contribution is 5.92. The zero-order valence-corrected chi connectivity index (χ0v) is 24.8. The van der Waals surface area contributed by atoms with Gasteiger partial charge < -0.3 is 14.4 Å². The van der Waals surface area contributed by atoms with Crippen LogP contribution in [-0.4, -0.2) is 65.1 Å². The van der Waals surface area contributed by atoms with E-state index in [1.807, 2.05) is 29.2 Å². The molecule has 6 rings (SSSR count). The molecular formula is C35H42N2O4. The summed E-state index contributed by atoms with van der Waals surface area (Å²) in [6.07, 6.45) is 8.29. The Morgan fingerprint density at radius 1 is 1.22 bits per heavy atom. The molecule has 2 bridgehead atoms. The Morgan fingerprint density at radius 3 is 2.76 bits per heavy atom. The molecule has 2 aromatic carbocycles. The van der Waals surface area contributed by atoms with Crippen molar-refractivity contribution in [2.45, 2.75) is 82.6 Å². The van der Waals surface area contributed by atoms with Gasteiger partial charge in [-0.3, -0.25) is 14.5 Å². The van der Waals surface area contributed by atoms with Gasteiger partial charge in [-0.2, -0.15) is 0 Å². The van der Waals surface area contributed by atoms with E-state index in [9.17, 15) is 9.59 Å². The lowest BCUT2D eigenvalue weighted by Crippen LogP contribution is -2.79. The lowest BCUT2D eigenvalue weighted by atomic mass is 9.48. The number of amides is 1. The molecule has 6 nitrogen and oxygen atoms in total. The summed E-state index contributed by atoms with van der Waals surface area (Å²) >= 11 is 0. The number of hydrogen-bond donors (Lipinski definition) is 0. The van der Waals surface area contributed by atoms with Crippen molar-refractivity contribution in [2.24, 2.45) is 5.92 Å². The fourth-order valence-electron chi connectivity index (χ4n) is 8.53. The molecule has 1 amide bonds. The van der Waals surface area contributed by atoms with Crippen LogP contribution in [-0.2, 0) is 26.2 Å². The van der Waals surface area contributed by atoms with Crippen LogP contribution in [0.4, 0.5) is 0 Å². The number of carbonyl (C=O) groups is 2. The standard InChI is InChI=1S/C35H42N2O4/c1-6-18-36-19-17-34-32-27-11-8-12-29(32)40-33(34)28(15-16-35(34,30(36)21-27)41-25(5)38)37(22-23(2)3)31(39)14-13-26-10-7-9-24(4)20-26/h6-14,20,23,28,30,33H,1,15-19,21-22H2,2-5H3/t28-,30+,33-,34-,35+/m0/s1. The largest absolute Gasteiger partial charge is 0.487 e. The van der Waals surface area contributed by atoms with Crippen LogP contribution >= 0.6 is 0 Å². The summed E-state index contributed by atoms with van der Waals surface area (Å²) in [6.45, 7) is 14.2. The first-order chi connectivity index (χ1) is 19.7. The van der Waals surface area contributed by atoms with Crippen LogP contribution in [0.25, 0.3) is 6.08 Å². The molecule has 0 N–H and O–H groups in total. The summed E-state index contributed by atoms with van der Waals surface area (Å²) < 4.78 is 13.5. The molecule has 2 aliphatic heterocycles. The van der Waals surface area contributed by atoms with E-state index in [4.69, 9.17) is 9.47 Å². The van der Waals surface area contributed by atoms with E-state index in [2.05, 4.69) is 62.6 Å². The maximum atomic E-state index is 14.0. The van der Waals surface area contributed by atoms with Crippen LogP contribution in [0.3, 0.4) is 0 Å². The molecule has 5 atom stereocenters. The third kappa shape index (κ3) is 4.34. The molecule has 0 unspecified atom stereocenters. The van der Waals surface area contributed by atoms with Crippen molar-refractivity contribution in [2.75, 3.05) is 19.6 Å². The number of hydrogen-bond acceptors (Lipinski definition) is 5. The molecule has 41 heavy (non-hydrogen) atoms. The van der Waals surface area contributed by atoms with Crippen LogP contribution in [0.15, 0.2) is 61.2 Å². The molecule has 4 aliphatic rings. The van der Waals surface area contributed by atoms with Gasteiger partial charge in [0.25, 0.3) is 0 Å². The fraction of sp³-hybridized carbons (Fsp3) is 0.486. The Bertz CT molecular complexity index is 1400. The van der Waals surface area contributed by atoms with Crippen molar-refractivity contribution in [1.82, 2.24) is 9.80 Å². The first-order valence-corrected chi connectivity index (χ1v) is 15.1. The summed E-state index contributed by atoms with van der Waals surface area (Å²) in [5.74, 6) is 0.921. The van der Waals surface area contributed by atoms with Crippen LogP contribution in [0, 0.1) is 12.8 Å². The van der Waals surface area contributed by atoms with Crippen LogP contribution in [0.2, 0.25) is 0 Å². The Morgan fingerprint density at radius 2 is 2.02 bits per heavy atom. The van der Waals surface area contributed by atoms with Crippen molar-refractivity contribution in [3.63, 3.8) is 0 Å². The van der Waals surface area contributed by atoms with E-state index in [-0.39, 0.29) is 36.0 Å². The number of piperidine rings is 1. The average Bonchev–Trinajstić information content (AvgIpc) is 3.27. The van der Waals surface area contributed by atoms with Gasteiger partial charge in [-0.1, -0.05) is 61.9 Å². The zero-order chi connectivity index (χ0) is 28.9. The molecule has 0 radical (unpaired) electrons. The normalized spacial score (nSPS) is 29.6. The molecular weight excluding hydrogens is 512 g/mol. The van der Waals surface area contributed by atoms with Crippen LogP contribution < -0.4 is 4.74 Å². The molecule has 2 heterocycles. The molecule has 2 aliphatic carbocycles. The molecule has 216 valence electrons. The first-order valence-electron chi connectivity index (χ1n) is 15.1. The number of likely N-dealkylation sites (tertiary alicyclic amines) is 1. The lowest BCUT2D eigenvalue weighted by molar-refractivity contribution is -0.223. The summed E-state index contributed by atoms with van der Waals surface area (Å²) in [7, 11) is 0. The van der Waals surface area contributed by atoms with Gasteiger partial charge in [-0.25, -0.2) is 0 Å². The highest BCUT2D eigenvalue weighted by atomic mass is 16.6. The number of rotatable bonds is 8. The van der Waals surface area contributed by atoms with E-state index in [1.165, 1.54) is 18.1 Å². The Balaban J connectivity index is 1.45. The molecule has 1 saturated carbocycles. The van der Waals surface area contributed by atoms with Crippen molar-refractivity contribution < 1.29 is 19.1 Å². The second-order valence-corrected chi connectivity index (χ2v) is 12.8. The minimum absolute atomic E-state index is 0.00201. The Hall–Kier alpha value is -3.38. The third-order valence-corrected chi connectivity index (χ3v) is 9.80. The van der Waals surface area contributed by atoms with Crippen LogP contribution in [0.1, 0.15) is 62.3 Å². The van der Waals surface area contributed by atoms with Crippen molar-refractivity contribution >= 4 is 18.0 Å². The van der Waals surface area contributed by atoms with Gasteiger partial charge in [0.05, 0.1) is 17.5 Å². The molecule has 2 fully saturated rings. The molecule has 0 aromatic heterocycles. The maximum Gasteiger partial charge on any atom is 0.303 e. The summed E-state index contributed by atoms with van der Waals surface area (Å²) in [4.78, 5) is 31.3. The number of ether oxygens (including phenoxy) is 2. The minimum Gasteiger partial charge on any atom is -0.487 e. The topological polar surface area (TPSA) is 59.1 Å². The fourth-order valence-corrected chi connectivity index (χ4v) is 8.53. The lowest BCUT2D eigenvalue weighted by Gasteiger charge is -2.65. The van der Waals surface area contributed by atoms with Gasteiger partial charge in [-0.15, -0.1) is 6.58 Å². The average molecular weight is 555 g/mol. The van der Waals surface area contributed by atoms with E-state index in [1.54, 1.807) is 6.08 Å². The van der Waals surface area contributed by atoms with Gasteiger partial charge in [0.2, 0.25) is 5.91 Å². The molecule has 6 heteroatoms. The number of esters is 1. The van der Waals surface area contributed by atoms with E-state index in [0.717, 1.165) is 42.8 Å². The summed E-state index contributed by atoms with van der Waals surface area (Å²) in [6, 6.07) is 14.4. The highest BCUT2D eigenvalue weighted by Gasteiger charge is 2.75. The predicted molar refractivity (Wildman–Crippen MR) is 161 cm³/mol. The number of carbonyl (C=O) groups excluding carboxylic acids is 2. The van der Waals surface area contributed by atoms with E-state index in [0.29, 0.717) is 19.4 Å². The zero-order valence-electron chi connectivity index (χ0n) is 24.8. The number of aryl methyl sites for hydroxylation is 1. The smallest absolute Gasteiger partial charge is 0.303 e. The van der Waals surface area contributed by atoms with Gasteiger partial charge in [0, 0.05) is 38.2 Å². The second-order valence-electron chi connectivity index (χ2n) is 12.8. The van der Waals surface area contributed by atoms with Crippen molar-refractivity contribution in [3.05, 3.63) is 83.4 Å². The van der Waals surface area contributed by atoms with E-state index < -0.39 is 11.0 Å². The highest BCUT2D eigenvalue weighted by Crippen LogP contribution is 2.65. The van der Waals surface area contributed by atoms with Gasteiger partial charge in [0.1, 0.15) is 17.5 Å². The molecule has 1 spiro atoms. The minimum atomic E-state index is -0.717. The summed E-state index contributed by atoms with van der Waals surface area (Å²) in [5.41, 5.74) is 3.42. The summed E-state index contributed by atoms with van der Waals surface area (Å²) in [5, 5.41) is 0. The predicted octanol–water partition coefficient (Wildman–Crippen LogP) is 5.47. The quantitative estimate of drug-likeness (QED) is 0.246. The third-order valence-electron chi connectivity index (χ3n) is 9.80. The van der Waals surface area contributed by atoms with E-state index >= 15 is 0 Å². The second kappa shape index (κ2) is 10.5. The monoisotopic (exact) mass is 554 g/mol. The Kier molecular flexibility index (Phi) is 7.09. The SMILES string of the molecule is C=CCN1CC[C@]23c4c5cccc4O[C@H]2[C@@H](N(CC(C)C)C(=O)C=Cc2cccc(C)c2)CC[C@@]3(OC(C)=O)[C@H]1C5.